The molecule has 0 radical (unpaired) electrons. The van der Waals surface area contributed by atoms with Gasteiger partial charge in [0.15, 0.2) is 0 Å². The number of cyclic esters (lactones) is 1. The van der Waals surface area contributed by atoms with Crippen molar-refractivity contribution in [1.29, 1.82) is 0 Å². The number of carbonyl (C=O) groups excluding carboxylic acids is 3. The number of carbonyl (C=O) groups is 3. The van der Waals surface area contributed by atoms with E-state index in [1.807, 2.05) is 91.0 Å². The van der Waals surface area contributed by atoms with Crippen LogP contribution in [0.15, 0.2) is 107 Å². The van der Waals surface area contributed by atoms with Crippen molar-refractivity contribution in [3.63, 3.8) is 0 Å². The fourth-order valence-corrected chi connectivity index (χ4v) is 5.39. The minimum Gasteiger partial charge on any atom is -0.454 e. The average Bonchev–Trinajstić information content (AvgIpc) is 3.09. The fourth-order valence-electron chi connectivity index (χ4n) is 5.39. The van der Waals surface area contributed by atoms with Crippen molar-refractivity contribution < 1.29 is 28.6 Å². The van der Waals surface area contributed by atoms with Crippen LogP contribution in [-0.4, -0.2) is 63.4 Å². The van der Waals surface area contributed by atoms with Crippen LogP contribution >= 0.6 is 0 Å². The Bertz CT molecular complexity index is 1390. The van der Waals surface area contributed by atoms with Gasteiger partial charge in [0.2, 0.25) is 12.3 Å². The Balaban J connectivity index is 3.40. The number of allylic oxidation sites excluding steroid dienone is 11. The van der Waals surface area contributed by atoms with Gasteiger partial charge in [-0.1, -0.05) is 123 Å². The summed E-state index contributed by atoms with van der Waals surface area (Å²) in [6.45, 7) is 17.9. The minimum atomic E-state index is -0.603. The summed E-state index contributed by atoms with van der Waals surface area (Å²) in [5, 5.41) is 5.47. The van der Waals surface area contributed by atoms with E-state index in [1.54, 1.807) is 21.1 Å². The molecule has 0 bridgehead atoms. The van der Waals surface area contributed by atoms with Crippen molar-refractivity contribution in [2.75, 3.05) is 20.8 Å². The highest BCUT2D eigenvalue weighted by Crippen LogP contribution is 2.21. The number of esters is 1. The fraction of sp³-hybridized carbons (Fsp3) is 0.512. The zero-order valence-corrected chi connectivity index (χ0v) is 32.9. The second-order valence-corrected chi connectivity index (χ2v) is 13.8. The predicted molar refractivity (Wildman–Crippen MR) is 210 cm³/mol. The lowest BCUT2D eigenvalue weighted by molar-refractivity contribution is -0.144. The first-order valence-electron chi connectivity index (χ1n) is 18.0. The Labute approximate surface area is 308 Å². The largest absolute Gasteiger partial charge is 0.454 e. The Kier molecular flexibility index (Phi) is 22.1. The Morgan fingerprint density at radius 3 is 2.29 bits per heavy atom. The summed E-state index contributed by atoms with van der Waals surface area (Å²) in [5.41, 5.74) is 4.58. The van der Waals surface area contributed by atoms with E-state index < -0.39 is 12.1 Å². The maximum Gasteiger partial charge on any atom is 0.334 e. The molecule has 51 heavy (non-hydrogen) atoms. The van der Waals surface area contributed by atoms with Gasteiger partial charge in [-0.25, -0.2) is 4.79 Å². The average molecular weight is 705 g/mol. The number of methoxy groups -OCH3 is 2. The van der Waals surface area contributed by atoms with Gasteiger partial charge in [0.25, 0.3) is 0 Å². The summed E-state index contributed by atoms with van der Waals surface area (Å²) in [4.78, 5) is 37.0. The van der Waals surface area contributed by atoms with E-state index in [4.69, 9.17) is 14.2 Å². The third-order valence-electron chi connectivity index (χ3n) is 8.60. The normalized spacial score (nSPS) is 30.1. The maximum atomic E-state index is 13.4. The topological polar surface area (TPSA) is 103 Å². The van der Waals surface area contributed by atoms with Crippen LogP contribution in [0.25, 0.3) is 0 Å². The molecule has 1 aliphatic heterocycles. The molecule has 6 atom stereocenters. The molecule has 1 heterocycles. The Morgan fingerprint density at radius 1 is 0.961 bits per heavy atom. The molecule has 0 aromatic heterocycles. The van der Waals surface area contributed by atoms with Crippen molar-refractivity contribution in [3.05, 3.63) is 107 Å². The van der Waals surface area contributed by atoms with E-state index in [1.165, 1.54) is 5.57 Å². The zero-order chi connectivity index (χ0) is 38.3. The quantitative estimate of drug-likeness (QED) is 0.135. The van der Waals surface area contributed by atoms with Gasteiger partial charge >= 0.3 is 5.97 Å². The first-order valence-corrected chi connectivity index (χ1v) is 18.0. The van der Waals surface area contributed by atoms with Crippen LogP contribution in [0.3, 0.4) is 0 Å². The van der Waals surface area contributed by atoms with Crippen molar-refractivity contribution in [3.8, 4) is 0 Å². The molecule has 0 saturated carbocycles. The van der Waals surface area contributed by atoms with E-state index >= 15 is 0 Å². The van der Waals surface area contributed by atoms with Gasteiger partial charge in [-0.2, -0.15) is 0 Å². The first kappa shape index (κ1) is 45.0. The molecule has 0 saturated heterocycles. The van der Waals surface area contributed by atoms with Crippen molar-refractivity contribution in [1.82, 2.24) is 10.6 Å². The summed E-state index contributed by atoms with van der Waals surface area (Å²) >= 11 is 0. The van der Waals surface area contributed by atoms with Crippen LogP contribution in [0.4, 0.5) is 0 Å². The van der Waals surface area contributed by atoms with Crippen LogP contribution < -0.4 is 10.6 Å². The third kappa shape index (κ3) is 18.7. The highest BCUT2D eigenvalue weighted by molar-refractivity contribution is 5.88. The maximum absolute atomic E-state index is 13.4. The number of amides is 2. The molecule has 0 unspecified atom stereocenters. The van der Waals surface area contributed by atoms with Gasteiger partial charge < -0.3 is 24.8 Å². The molecule has 2 N–H and O–H groups in total. The molecule has 1 rings (SSSR count). The van der Waals surface area contributed by atoms with E-state index in [0.29, 0.717) is 18.5 Å². The van der Waals surface area contributed by atoms with Crippen LogP contribution in [0.1, 0.15) is 81.6 Å². The molecule has 282 valence electrons. The van der Waals surface area contributed by atoms with E-state index in [-0.39, 0.29) is 41.8 Å². The molecule has 8 nitrogen and oxygen atoms in total. The summed E-state index contributed by atoms with van der Waals surface area (Å²) in [5.74, 6) is -0.801. The predicted octanol–water partition coefficient (Wildman–Crippen LogP) is 8.23. The molecular weight excluding hydrogens is 640 g/mol. The van der Waals surface area contributed by atoms with E-state index in [2.05, 4.69) is 54.0 Å². The van der Waals surface area contributed by atoms with Crippen LogP contribution in [0, 0.1) is 17.8 Å². The molecule has 0 spiro atoms. The van der Waals surface area contributed by atoms with Gasteiger partial charge in [0, 0.05) is 32.3 Å². The summed E-state index contributed by atoms with van der Waals surface area (Å²) in [7, 11) is 3.44. The minimum absolute atomic E-state index is 0.00390. The van der Waals surface area contributed by atoms with Crippen LogP contribution in [0.5, 0.6) is 0 Å². The SMILES string of the molecule is CO[C@@H]1/C=C(C)/C=C/[C@@H](C)/C=C(\C)C(=O)O[C@H](/C(C)=C/C=C(\C)CNC(=O)[C@@H](NC=O)C(C)C)[C@@H](C)/C=C/C=C/[C@@H](OC)CC/C=C(C)/C=C/C1. The molecule has 0 aliphatic carbocycles. The first-order chi connectivity index (χ1) is 24.2. The van der Waals surface area contributed by atoms with Crippen molar-refractivity contribution in [2.24, 2.45) is 17.8 Å². The highest BCUT2D eigenvalue weighted by atomic mass is 16.5. The lowest BCUT2D eigenvalue weighted by Gasteiger charge is -2.23. The van der Waals surface area contributed by atoms with Gasteiger partial charge in [0.05, 0.1) is 12.2 Å². The number of rotatable bonds is 10. The van der Waals surface area contributed by atoms with Gasteiger partial charge in [-0.3, -0.25) is 9.59 Å². The lowest BCUT2D eigenvalue weighted by Crippen LogP contribution is -2.47. The van der Waals surface area contributed by atoms with Crippen molar-refractivity contribution >= 4 is 18.3 Å². The van der Waals surface area contributed by atoms with Gasteiger partial charge in [0.1, 0.15) is 12.1 Å². The number of ether oxygens (including phenoxy) is 3. The summed E-state index contributed by atoms with van der Waals surface area (Å²) in [6.07, 6.45) is 28.9. The van der Waals surface area contributed by atoms with Crippen molar-refractivity contribution in [2.45, 2.75) is 106 Å². The highest BCUT2D eigenvalue weighted by Gasteiger charge is 2.23. The summed E-state index contributed by atoms with van der Waals surface area (Å²) in [6, 6.07) is -0.603. The Hall–Kier alpha value is -4.01. The molecule has 0 fully saturated rings. The molecule has 0 aromatic carbocycles. The number of nitrogens with one attached hydrogen (secondary N) is 2. The van der Waals surface area contributed by atoms with E-state index in [9.17, 15) is 14.4 Å². The van der Waals surface area contributed by atoms with E-state index in [0.717, 1.165) is 36.0 Å². The third-order valence-corrected chi connectivity index (χ3v) is 8.60. The van der Waals surface area contributed by atoms with Gasteiger partial charge in [-0.15, -0.1) is 0 Å². The standard InChI is InChI=1S/C43H64N2O6/c1-30(2)40(45-29-46)42(47)44-28-34(6)24-25-36(8)41-35(7)18-12-13-19-38(49-10)20-14-16-31(3)17-15-21-39(50-11)27-33(5)23-22-32(4)26-37(9)43(48)51-41/h12-13,15-19,22-27,29-30,32,35,38-41H,14,20-21,28H2,1-11H3,(H,44,47)(H,45,46)/b17-15+,18-12+,19-13+,23-22+,31-16+,33-27+,34-24+,36-25+,37-26+/t32-,35+,38-,39+,40+,41+/m1/s1. The number of hydrogen-bond donors (Lipinski definition) is 2. The van der Waals surface area contributed by atoms with Crippen LogP contribution in [0.2, 0.25) is 0 Å². The second kappa shape index (κ2) is 25.0. The lowest BCUT2D eigenvalue weighted by atomic mass is 9.96. The van der Waals surface area contributed by atoms with Gasteiger partial charge in [-0.05, 0) is 71.3 Å². The summed E-state index contributed by atoms with van der Waals surface area (Å²) < 4.78 is 17.6. The Morgan fingerprint density at radius 2 is 1.65 bits per heavy atom. The zero-order valence-electron chi connectivity index (χ0n) is 32.9. The monoisotopic (exact) mass is 704 g/mol. The molecule has 1 aliphatic rings. The molecule has 8 heteroatoms. The number of hydrogen-bond acceptors (Lipinski definition) is 6. The molecular formula is C43H64N2O6. The smallest absolute Gasteiger partial charge is 0.334 e. The van der Waals surface area contributed by atoms with Crippen LogP contribution in [-0.2, 0) is 28.6 Å². The molecule has 2 amide bonds. The molecule has 0 aromatic rings. The second-order valence-electron chi connectivity index (χ2n) is 13.8.